The molecule has 4 rings (SSSR count). The lowest BCUT2D eigenvalue weighted by Crippen LogP contribution is -2.50. The predicted octanol–water partition coefficient (Wildman–Crippen LogP) is 8.45. The zero-order valence-corrected chi connectivity index (χ0v) is 21.6. The largest absolute Gasteiger partial charge is 0.381 e. The van der Waals surface area contributed by atoms with Crippen molar-refractivity contribution in [2.24, 2.45) is 52.3 Å². The van der Waals surface area contributed by atoms with Crippen LogP contribution >= 0.6 is 0 Å². The molecular formula is C30H50O. The first-order valence-electron chi connectivity index (χ1n) is 13.6. The highest BCUT2D eigenvalue weighted by molar-refractivity contribution is 5.25. The van der Waals surface area contributed by atoms with Crippen molar-refractivity contribution in [3.63, 3.8) is 0 Å². The van der Waals surface area contributed by atoms with E-state index in [1.165, 1.54) is 57.8 Å². The van der Waals surface area contributed by atoms with E-state index in [1.54, 1.807) is 5.57 Å². The molecule has 0 radical (unpaired) electrons. The monoisotopic (exact) mass is 426 g/mol. The lowest BCUT2D eigenvalue weighted by Gasteiger charge is -2.58. The van der Waals surface area contributed by atoms with Gasteiger partial charge in [0.2, 0.25) is 0 Å². The van der Waals surface area contributed by atoms with Crippen LogP contribution in [0.15, 0.2) is 23.8 Å². The third-order valence-electron chi connectivity index (χ3n) is 11.1. The van der Waals surface area contributed by atoms with Crippen LogP contribution in [0.4, 0.5) is 0 Å². The summed E-state index contributed by atoms with van der Waals surface area (Å²) in [5, 5.41) is 0. The van der Waals surface area contributed by atoms with E-state index in [-0.39, 0.29) is 0 Å². The zero-order valence-electron chi connectivity index (χ0n) is 21.6. The molecule has 1 nitrogen and oxygen atoms in total. The fourth-order valence-electron chi connectivity index (χ4n) is 9.01. The van der Waals surface area contributed by atoms with E-state index < -0.39 is 0 Å². The molecule has 0 aromatic carbocycles. The van der Waals surface area contributed by atoms with Crippen LogP contribution in [0.5, 0.6) is 0 Å². The first-order valence-corrected chi connectivity index (χ1v) is 13.6. The van der Waals surface area contributed by atoms with Gasteiger partial charge in [-0.1, -0.05) is 65.3 Å². The van der Waals surface area contributed by atoms with Crippen molar-refractivity contribution in [3.8, 4) is 0 Å². The van der Waals surface area contributed by atoms with Crippen LogP contribution < -0.4 is 0 Å². The maximum absolute atomic E-state index is 5.76. The van der Waals surface area contributed by atoms with Crippen LogP contribution in [0.2, 0.25) is 0 Å². The van der Waals surface area contributed by atoms with Gasteiger partial charge < -0.3 is 4.74 Å². The maximum Gasteiger partial charge on any atom is 0.0608 e. The molecule has 0 spiro atoms. The summed E-state index contributed by atoms with van der Waals surface area (Å²) < 4.78 is 5.76. The van der Waals surface area contributed by atoms with Gasteiger partial charge in [-0.05, 0) is 110 Å². The average molecular weight is 427 g/mol. The molecule has 9 atom stereocenters. The summed E-state index contributed by atoms with van der Waals surface area (Å²) in [6.45, 7) is 14.9. The van der Waals surface area contributed by atoms with Crippen LogP contribution in [0, 0.1) is 52.3 Å². The first-order chi connectivity index (χ1) is 14.7. The molecule has 0 bridgehead atoms. The highest BCUT2D eigenvalue weighted by Gasteiger charge is 2.59. The fourth-order valence-corrected chi connectivity index (χ4v) is 9.01. The van der Waals surface area contributed by atoms with Crippen molar-refractivity contribution >= 4 is 0 Å². The summed E-state index contributed by atoms with van der Waals surface area (Å²) in [5.74, 6) is 5.88. The summed E-state index contributed by atoms with van der Waals surface area (Å²) in [7, 11) is 1.91. The minimum absolute atomic E-state index is 0.453. The first kappa shape index (κ1) is 23.6. The van der Waals surface area contributed by atoms with Gasteiger partial charge in [0, 0.05) is 7.11 Å². The van der Waals surface area contributed by atoms with Crippen molar-refractivity contribution in [1.29, 1.82) is 0 Å². The quantitative estimate of drug-likeness (QED) is 0.387. The Balaban J connectivity index is 1.51. The molecule has 0 N–H and O–H groups in total. The van der Waals surface area contributed by atoms with Gasteiger partial charge in [0.1, 0.15) is 0 Å². The van der Waals surface area contributed by atoms with E-state index in [9.17, 15) is 0 Å². The van der Waals surface area contributed by atoms with Crippen LogP contribution in [-0.2, 0) is 4.74 Å². The Morgan fingerprint density at radius 1 is 1.03 bits per heavy atom. The van der Waals surface area contributed by atoms with Gasteiger partial charge in [-0.2, -0.15) is 0 Å². The molecule has 0 amide bonds. The molecule has 0 aromatic rings. The molecule has 0 saturated heterocycles. The summed E-state index contributed by atoms with van der Waals surface area (Å²) in [6, 6.07) is 0. The Morgan fingerprint density at radius 2 is 1.81 bits per heavy atom. The molecule has 0 aromatic heterocycles. The Labute approximate surface area is 193 Å². The van der Waals surface area contributed by atoms with Crippen LogP contribution in [-0.4, -0.2) is 13.2 Å². The van der Waals surface area contributed by atoms with Crippen molar-refractivity contribution in [1.82, 2.24) is 0 Å². The predicted molar refractivity (Wildman–Crippen MR) is 133 cm³/mol. The number of hydrogen-bond acceptors (Lipinski definition) is 1. The van der Waals surface area contributed by atoms with Crippen molar-refractivity contribution in [2.75, 3.05) is 7.11 Å². The SMILES string of the molecule is CC[C@H](/C=C/[C@@H](C)[C@@H]1CC[C@H]2[C@@H]3CC=C4C[C@H](OC)CC[C@]4(C)[C@@H]3CC[C@@]21C)C(C)C. The Kier molecular flexibility index (Phi) is 6.85. The van der Waals surface area contributed by atoms with Crippen molar-refractivity contribution in [2.45, 2.75) is 105 Å². The van der Waals surface area contributed by atoms with Gasteiger partial charge in [0.25, 0.3) is 0 Å². The van der Waals surface area contributed by atoms with E-state index >= 15 is 0 Å². The minimum atomic E-state index is 0.453. The van der Waals surface area contributed by atoms with E-state index in [1.807, 2.05) is 7.11 Å². The Morgan fingerprint density at radius 3 is 2.48 bits per heavy atom. The molecule has 4 aliphatic rings. The third kappa shape index (κ3) is 4.00. The zero-order chi connectivity index (χ0) is 22.4. The summed E-state index contributed by atoms with van der Waals surface area (Å²) in [6.07, 6.45) is 20.6. The van der Waals surface area contributed by atoms with Gasteiger partial charge in [-0.25, -0.2) is 0 Å². The van der Waals surface area contributed by atoms with Gasteiger partial charge in [0.15, 0.2) is 0 Å². The third-order valence-corrected chi connectivity index (χ3v) is 11.1. The van der Waals surface area contributed by atoms with Crippen molar-refractivity contribution in [3.05, 3.63) is 23.8 Å². The summed E-state index contributed by atoms with van der Waals surface area (Å²) >= 11 is 0. The highest BCUT2D eigenvalue weighted by atomic mass is 16.5. The molecular weight excluding hydrogens is 376 g/mol. The van der Waals surface area contributed by atoms with E-state index in [0.29, 0.717) is 16.9 Å². The smallest absolute Gasteiger partial charge is 0.0608 e. The number of methoxy groups -OCH3 is 1. The van der Waals surface area contributed by atoms with Gasteiger partial charge >= 0.3 is 0 Å². The lowest BCUT2D eigenvalue weighted by molar-refractivity contribution is -0.0572. The topological polar surface area (TPSA) is 9.23 Å². The molecule has 176 valence electrons. The molecule has 1 heteroatoms. The Hall–Kier alpha value is -0.560. The van der Waals surface area contributed by atoms with E-state index in [4.69, 9.17) is 4.74 Å². The minimum Gasteiger partial charge on any atom is -0.381 e. The fraction of sp³-hybridized carbons (Fsp3) is 0.867. The molecule has 31 heavy (non-hydrogen) atoms. The number of allylic oxidation sites excluding steroid dienone is 3. The van der Waals surface area contributed by atoms with Crippen LogP contribution in [0.1, 0.15) is 99.3 Å². The lowest BCUT2D eigenvalue weighted by atomic mass is 9.47. The second kappa shape index (κ2) is 9.00. The molecule has 3 saturated carbocycles. The second-order valence-electron chi connectivity index (χ2n) is 12.6. The summed E-state index contributed by atoms with van der Waals surface area (Å²) in [4.78, 5) is 0. The second-order valence-corrected chi connectivity index (χ2v) is 12.6. The Bertz CT molecular complexity index is 689. The van der Waals surface area contributed by atoms with Gasteiger partial charge in [-0.3, -0.25) is 0 Å². The number of hydrogen-bond donors (Lipinski definition) is 0. The normalized spacial score (nSPS) is 44.5. The van der Waals surface area contributed by atoms with Gasteiger partial charge in [0.05, 0.1) is 6.10 Å². The van der Waals surface area contributed by atoms with E-state index in [2.05, 4.69) is 59.8 Å². The van der Waals surface area contributed by atoms with Gasteiger partial charge in [-0.15, -0.1) is 0 Å². The van der Waals surface area contributed by atoms with Crippen LogP contribution in [0.25, 0.3) is 0 Å². The number of fused-ring (bicyclic) bond motifs is 5. The molecule has 4 aliphatic carbocycles. The molecule has 0 aliphatic heterocycles. The molecule has 3 fully saturated rings. The summed E-state index contributed by atoms with van der Waals surface area (Å²) in [5.41, 5.74) is 2.75. The molecule has 0 heterocycles. The average Bonchev–Trinajstić information content (AvgIpc) is 3.10. The maximum atomic E-state index is 5.76. The highest BCUT2D eigenvalue weighted by Crippen LogP contribution is 2.67. The standard InChI is InChI=1S/C30H50O/c1-8-22(20(2)3)10-9-21(4)26-13-14-27-25-12-11-23-19-24(31-7)15-17-29(23,5)28(25)16-18-30(26,27)6/h9-11,20-22,24-28H,8,12-19H2,1-7H3/b10-9+/t21-,22-,24-,25+,26+,27+,28-,29+,30-/m1/s1. The van der Waals surface area contributed by atoms with E-state index in [0.717, 1.165) is 41.4 Å². The molecule has 0 unspecified atom stereocenters. The van der Waals surface area contributed by atoms with Crippen molar-refractivity contribution < 1.29 is 4.74 Å². The number of rotatable bonds is 6. The number of ether oxygens (including phenoxy) is 1. The van der Waals surface area contributed by atoms with Crippen LogP contribution in [0.3, 0.4) is 0 Å².